The molecule has 0 saturated heterocycles. The van der Waals surface area contributed by atoms with Gasteiger partial charge in [0.25, 0.3) is 0 Å². The Hall–Kier alpha value is -2.69. The molecule has 3 aromatic heterocycles. The summed E-state index contributed by atoms with van der Waals surface area (Å²) in [4.78, 5) is 24.6. The fraction of sp³-hybridized carbons (Fsp3) is 0.133. The predicted octanol–water partition coefficient (Wildman–Crippen LogP) is 2.63. The number of ketones is 2. The largest absolute Gasteiger partial charge is 0.461 e. The molecule has 20 heavy (non-hydrogen) atoms. The van der Waals surface area contributed by atoms with E-state index in [1.54, 1.807) is 35.8 Å². The maximum Gasteiger partial charge on any atom is 0.208 e. The summed E-state index contributed by atoms with van der Waals surface area (Å²) in [7, 11) is 0. The van der Waals surface area contributed by atoms with Gasteiger partial charge in [-0.1, -0.05) is 6.07 Å². The molecule has 0 aliphatic heterocycles. The van der Waals surface area contributed by atoms with E-state index < -0.39 is 5.92 Å². The van der Waals surface area contributed by atoms with Crippen molar-refractivity contribution < 1.29 is 14.0 Å². The molecular formula is C15H12N2O3. The number of hydrogen-bond donors (Lipinski definition) is 0. The summed E-state index contributed by atoms with van der Waals surface area (Å²) >= 11 is 0. The predicted molar refractivity (Wildman–Crippen MR) is 71.7 cm³/mol. The molecule has 5 heteroatoms. The number of aromatic nitrogens is 2. The maximum atomic E-state index is 12.4. The molecule has 0 fully saturated rings. The SMILES string of the molecule is CC(C(=O)c1ccco1)C(=O)c1cnn2ccccc12. The van der Waals surface area contributed by atoms with Crippen molar-refractivity contribution in [1.82, 2.24) is 9.61 Å². The molecule has 3 heterocycles. The number of pyridine rings is 1. The molecular weight excluding hydrogens is 256 g/mol. The first-order valence-electron chi connectivity index (χ1n) is 6.23. The van der Waals surface area contributed by atoms with Crippen LogP contribution in [0.25, 0.3) is 5.52 Å². The van der Waals surface area contributed by atoms with Crippen molar-refractivity contribution in [3.63, 3.8) is 0 Å². The van der Waals surface area contributed by atoms with E-state index in [-0.39, 0.29) is 17.3 Å². The number of nitrogens with zero attached hydrogens (tertiary/aromatic N) is 2. The van der Waals surface area contributed by atoms with E-state index in [0.29, 0.717) is 11.1 Å². The van der Waals surface area contributed by atoms with Gasteiger partial charge in [-0.05, 0) is 31.2 Å². The van der Waals surface area contributed by atoms with E-state index in [9.17, 15) is 9.59 Å². The monoisotopic (exact) mass is 268 g/mol. The van der Waals surface area contributed by atoms with Gasteiger partial charge in [0.1, 0.15) is 0 Å². The molecule has 1 atom stereocenters. The van der Waals surface area contributed by atoms with Crippen molar-refractivity contribution in [3.8, 4) is 0 Å². The molecule has 0 radical (unpaired) electrons. The fourth-order valence-corrected chi connectivity index (χ4v) is 2.11. The van der Waals surface area contributed by atoms with E-state index in [1.807, 2.05) is 12.1 Å². The van der Waals surface area contributed by atoms with Crippen molar-refractivity contribution >= 4 is 17.1 Å². The lowest BCUT2D eigenvalue weighted by atomic mass is 9.95. The van der Waals surface area contributed by atoms with Crippen molar-refractivity contribution in [2.45, 2.75) is 6.92 Å². The molecule has 5 nitrogen and oxygen atoms in total. The Labute approximate surface area is 114 Å². The Morgan fingerprint density at radius 1 is 1.20 bits per heavy atom. The van der Waals surface area contributed by atoms with Crippen LogP contribution >= 0.6 is 0 Å². The van der Waals surface area contributed by atoms with Crippen molar-refractivity contribution in [2.75, 3.05) is 0 Å². The standard InChI is InChI=1S/C15H12N2O3/c1-10(15(19)13-6-4-8-20-13)14(18)11-9-16-17-7-3-2-5-12(11)17/h2-10H,1H3. The number of hydrogen-bond acceptors (Lipinski definition) is 4. The Kier molecular flexibility index (Phi) is 2.95. The molecule has 3 aromatic rings. The van der Waals surface area contributed by atoms with E-state index in [2.05, 4.69) is 5.10 Å². The van der Waals surface area contributed by atoms with E-state index in [1.165, 1.54) is 12.5 Å². The van der Waals surface area contributed by atoms with Gasteiger partial charge in [0.2, 0.25) is 5.78 Å². The van der Waals surface area contributed by atoms with Gasteiger partial charge in [-0.25, -0.2) is 4.52 Å². The minimum Gasteiger partial charge on any atom is -0.461 e. The number of furan rings is 1. The number of carbonyl (C=O) groups is 2. The Bertz CT molecular complexity index is 771. The third-order valence-electron chi connectivity index (χ3n) is 3.24. The molecule has 0 N–H and O–H groups in total. The lowest BCUT2D eigenvalue weighted by molar-refractivity contribution is 0.0804. The van der Waals surface area contributed by atoms with Crippen LogP contribution in [0.15, 0.2) is 53.4 Å². The number of carbonyl (C=O) groups excluding carboxylic acids is 2. The number of Topliss-reactive ketones (excluding diaryl/α,β-unsaturated/α-hetero) is 2. The summed E-state index contributed by atoms with van der Waals surface area (Å²) in [5.74, 6) is -1.18. The second-order valence-corrected chi connectivity index (χ2v) is 4.52. The first kappa shape index (κ1) is 12.3. The normalized spacial score (nSPS) is 12.4. The van der Waals surface area contributed by atoms with Crippen LogP contribution < -0.4 is 0 Å². The first-order chi connectivity index (χ1) is 9.68. The highest BCUT2D eigenvalue weighted by Gasteiger charge is 2.27. The van der Waals surface area contributed by atoms with E-state index >= 15 is 0 Å². The zero-order valence-electron chi connectivity index (χ0n) is 10.8. The lowest BCUT2D eigenvalue weighted by Gasteiger charge is -2.06. The van der Waals surface area contributed by atoms with Gasteiger partial charge < -0.3 is 4.42 Å². The zero-order valence-corrected chi connectivity index (χ0v) is 10.8. The molecule has 1 unspecified atom stereocenters. The van der Waals surface area contributed by atoms with Gasteiger partial charge in [0, 0.05) is 6.20 Å². The molecule has 3 rings (SSSR count). The molecule has 0 aliphatic rings. The van der Waals surface area contributed by atoms with Gasteiger partial charge >= 0.3 is 0 Å². The van der Waals surface area contributed by atoms with Gasteiger partial charge in [0.05, 0.1) is 29.5 Å². The maximum absolute atomic E-state index is 12.4. The average molecular weight is 268 g/mol. The van der Waals surface area contributed by atoms with E-state index in [4.69, 9.17) is 4.42 Å². The van der Waals surface area contributed by atoms with Crippen molar-refractivity contribution in [1.29, 1.82) is 0 Å². The summed E-state index contributed by atoms with van der Waals surface area (Å²) in [6.07, 6.45) is 4.66. The summed E-state index contributed by atoms with van der Waals surface area (Å²) < 4.78 is 6.66. The average Bonchev–Trinajstić information content (AvgIpc) is 3.14. The van der Waals surface area contributed by atoms with Gasteiger partial charge in [-0.2, -0.15) is 5.10 Å². The Morgan fingerprint density at radius 2 is 2.05 bits per heavy atom. The summed E-state index contributed by atoms with van der Waals surface area (Å²) in [6, 6.07) is 8.63. The topological polar surface area (TPSA) is 64.6 Å². The number of rotatable bonds is 4. The highest BCUT2D eigenvalue weighted by Crippen LogP contribution is 2.18. The van der Waals surface area contributed by atoms with Crippen LogP contribution in [-0.4, -0.2) is 21.2 Å². The van der Waals surface area contributed by atoms with Crippen molar-refractivity contribution in [3.05, 3.63) is 60.3 Å². The highest BCUT2D eigenvalue weighted by atomic mass is 16.3. The molecule has 0 bridgehead atoms. The first-order valence-corrected chi connectivity index (χ1v) is 6.23. The molecule has 0 spiro atoms. The quantitative estimate of drug-likeness (QED) is 0.539. The molecule has 0 amide bonds. The van der Waals surface area contributed by atoms with E-state index in [0.717, 1.165) is 0 Å². The van der Waals surface area contributed by atoms with Crippen LogP contribution in [0.3, 0.4) is 0 Å². The van der Waals surface area contributed by atoms with Crippen LogP contribution in [0.2, 0.25) is 0 Å². The van der Waals surface area contributed by atoms with Crippen LogP contribution in [-0.2, 0) is 0 Å². The third-order valence-corrected chi connectivity index (χ3v) is 3.24. The minimum atomic E-state index is -0.797. The second kappa shape index (κ2) is 4.77. The Morgan fingerprint density at radius 3 is 2.80 bits per heavy atom. The smallest absolute Gasteiger partial charge is 0.208 e. The van der Waals surface area contributed by atoms with Gasteiger partial charge in [-0.15, -0.1) is 0 Å². The van der Waals surface area contributed by atoms with Crippen LogP contribution in [0.4, 0.5) is 0 Å². The van der Waals surface area contributed by atoms with Gasteiger partial charge in [-0.3, -0.25) is 9.59 Å². The summed E-state index contributed by atoms with van der Waals surface area (Å²) in [6.45, 7) is 1.58. The number of fused-ring (bicyclic) bond motifs is 1. The third kappa shape index (κ3) is 1.93. The zero-order chi connectivity index (χ0) is 14.1. The van der Waals surface area contributed by atoms with Gasteiger partial charge in [0.15, 0.2) is 11.5 Å². The fourth-order valence-electron chi connectivity index (χ4n) is 2.11. The summed E-state index contributed by atoms with van der Waals surface area (Å²) in [5.41, 5.74) is 1.13. The Balaban J connectivity index is 1.94. The highest BCUT2D eigenvalue weighted by molar-refractivity contribution is 6.17. The van der Waals surface area contributed by atoms with Crippen LogP contribution in [0.5, 0.6) is 0 Å². The molecule has 0 aliphatic carbocycles. The minimum absolute atomic E-state index is 0.197. The second-order valence-electron chi connectivity index (χ2n) is 4.52. The molecule has 100 valence electrons. The van der Waals surface area contributed by atoms with Crippen LogP contribution in [0, 0.1) is 5.92 Å². The molecule has 0 saturated carbocycles. The lowest BCUT2D eigenvalue weighted by Crippen LogP contribution is -2.21. The van der Waals surface area contributed by atoms with Crippen molar-refractivity contribution in [2.24, 2.45) is 5.92 Å². The summed E-state index contributed by atoms with van der Waals surface area (Å²) in [5, 5.41) is 4.11. The van der Waals surface area contributed by atoms with Crippen LogP contribution in [0.1, 0.15) is 27.8 Å². The molecule has 0 aromatic carbocycles.